The largest absolute Gasteiger partial charge is 0.495 e. The lowest BCUT2D eigenvalue weighted by Gasteiger charge is -2.10. The van der Waals surface area contributed by atoms with E-state index in [1.165, 1.54) is 0 Å². The monoisotopic (exact) mass is 441 g/mol. The smallest absolute Gasteiger partial charge is 0.193 e. The Hall–Kier alpha value is -1.96. The van der Waals surface area contributed by atoms with Gasteiger partial charge in [-0.15, -0.1) is 24.0 Å². The predicted molar refractivity (Wildman–Crippen MR) is 110 cm³/mol. The zero-order valence-electron chi connectivity index (χ0n) is 14.0. The minimum atomic E-state index is 0. The third-order valence-corrected chi connectivity index (χ3v) is 3.31. The Morgan fingerprint density at radius 2 is 1.75 bits per heavy atom. The van der Waals surface area contributed by atoms with E-state index >= 15 is 0 Å². The molecule has 2 aromatic rings. The van der Waals surface area contributed by atoms with Crippen molar-refractivity contribution in [3.63, 3.8) is 0 Å². The molecular formula is C18H24IN3O2. The van der Waals surface area contributed by atoms with Gasteiger partial charge in [-0.05, 0) is 30.7 Å². The second-order valence-electron chi connectivity index (χ2n) is 5.06. The number of para-hydroxylation sites is 3. The summed E-state index contributed by atoms with van der Waals surface area (Å²) >= 11 is 0. The highest BCUT2D eigenvalue weighted by molar-refractivity contribution is 14.0. The van der Waals surface area contributed by atoms with Gasteiger partial charge in [-0.2, -0.15) is 0 Å². The summed E-state index contributed by atoms with van der Waals surface area (Å²) in [5, 5.41) is 3.04. The van der Waals surface area contributed by atoms with Crippen LogP contribution in [-0.4, -0.2) is 26.2 Å². The summed E-state index contributed by atoms with van der Waals surface area (Å²) in [5.74, 6) is 2.01. The molecule has 2 aromatic carbocycles. The van der Waals surface area contributed by atoms with Crippen LogP contribution in [0.2, 0.25) is 0 Å². The van der Waals surface area contributed by atoms with Crippen LogP contribution in [0.5, 0.6) is 11.5 Å². The van der Waals surface area contributed by atoms with Crippen LogP contribution < -0.4 is 20.5 Å². The van der Waals surface area contributed by atoms with Crippen LogP contribution in [0.4, 0.5) is 5.69 Å². The Labute approximate surface area is 160 Å². The Balaban J connectivity index is 0.00000288. The van der Waals surface area contributed by atoms with Crippen LogP contribution in [-0.2, 0) is 0 Å². The van der Waals surface area contributed by atoms with Crippen LogP contribution in [0, 0.1) is 6.92 Å². The molecule has 130 valence electrons. The number of nitrogens with zero attached hydrogens (tertiary/aromatic N) is 1. The zero-order valence-corrected chi connectivity index (χ0v) is 16.3. The molecule has 0 aliphatic rings. The zero-order chi connectivity index (χ0) is 16.5. The molecule has 0 saturated heterocycles. The molecule has 0 aliphatic heterocycles. The fourth-order valence-corrected chi connectivity index (χ4v) is 2.09. The molecule has 0 amide bonds. The number of hydrogen-bond donors (Lipinski definition) is 2. The SMILES string of the molecule is COc1ccccc1NC(N)=NCCCOc1ccccc1C.I. The number of methoxy groups -OCH3 is 1. The Kier molecular flexibility index (Phi) is 8.99. The van der Waals surface area contributed by atoms with Gasteiger partial charge in [-0.1, -0.05) is 30.3 Å². The number of rotatable bonds is 7. The molecule has 5 nitrogen and oxygen atoms in total. The molecule has 24 heavy (non-hydrogen) atoms. The van der Waals surface area contributed by atoms with Gasteiger partial charge >= 0.3 is 0 Å². The Morgan fingerprint density at radius 3 is 2.46 bits per heavy atom. The second kappa shape index (κ2) is 10.7. The van der Waals surface area contributed by atoms with Crippen molar-refractivity contribution < 1.29 is 9.47 Å². The highest BCUT2D eigenvalue weighted by Crippen LogP contribution is 2.22. The van der Waals surface area contributed by atoms with E-state index in [9.17, 15) is 0 Å². The lowest BCUT2D eigenvalue weighted by atomic mass is 10.2. The quantitative estimate of drug-likeness (QED) is 0.297. The van der Waals surface area contributed by atoms with E-state index in [-0.39, 0.29) is 24.0 Å². The minimum Gasteiger partial charge on any atom is -0.495 e. The summed E-state index contributed by atoms with van der Waals surface area (Å²) in [5.41, 5.74) is 7.82. The van der Waals surface area contributed by atoms with Crippen molar-refractivity contribution in [3.8, 4) is 11.5 Å². The molecule has 0 bridgehead atoms. The summed E-state index contributed by atoms with van der Waals surface area (Å²) in [6.45, 7) is 3.23. The van der Waals surface area contributed by atoms with Crippen molar-refractivity contribution in [2.24, 2.45) is 10.7 Å². The highest BCUT2D eigenvalue weighted by atomic mass is 127. The van der Waals surface area contributed by atoms with E-state index in [1.54, 1.807) is 7.11 Å². The molecule has 3 N–H and O–H groups in total. The van der Waals surface area contributed by atoms with Gasteiger partial charge in [0, 0.05) is 13.0 Å². The van der Waals surface area contributed by atoms with Crippen LogP contribution in [0.15, 0.2) is 53.5 Å². The number of nitrogens with one attached hydrogen (secondary N) is 1. The third kappa shape index (κ3) is 6.27. The molecule has 0 saturated carbocycles. The summed E-state index contributed by atoms with van der Waals surface area (Å²) < 4.78 is 11.0. The van der Waals surface area contributed by atoms with Gasteiger partial charge in [0.1, 0.15) is 11.5 Å². The molecular weight excluding hydrogens is 417 g/mol. The summed E-state index contributed by atoms with van der Waals surface area (Å²) in [6, 6.07) is 15.5. The maximum absolute atomic E-state index is 5.89. The number of benzene rings is 2. The number of halogens is 1. The first-order valence-corrected chi connectivity index (χ1v) is 7.59. The fraction of sp³-hybridized carbons (Fsp3) is 0.278. The lowest BCUT2D eigenvalue weighted by Crippen LogP contribution is -2.23. The van der Waals surface area contributed by atoms with E-state index in [4.69, 9.17) is 15.2 Å². The molecule has 0 radical (unpaired) electrons. The average Bonchev–Trinajstić information content (AvgIpc) is 2.56. The first-order chi connectivity index (χ1) is 11.2. The summed E-state index contributed by atoms with van der Waals surface area (Å²) in [4.78, 5) is 4.30. The number of ether oxygens (including phenoxy) is 2. The molecule has 0 atom stereocenters. The van der Waals surface area contributed by atoms with Gasteiger partial charge in [0.2, 0.25) is 0 Å². The van der Waals surface area contributed by atoms with Gasteiger partial charge in [0.05, 0.1) is 19.4 Å². The van der Waals surface area contributed by atoms with E-state index < -0.39 is 0 Å². The van der Waals surface area contributed by atoms with E-state index in [0.717, 1.165) is 29.2 Å². The van der Waals surface area contributed by atoms with Crippen LogP contribution in [0.3, 0.4) is 0 Å². The van der Waals surface area contributed by atoms with Crippen LogP contribution in [0.25, 0.3) is 0 Å². The third-order valence-electron chi connectivity index (χ3n) is 3.31. The van der Waals surface area contributed by atoms with E-state index in [1.807, 2.05) is 55.5 Å². The molecule has 0 unspecified atom stereocenters. The fourth-order valence-electron chi connectivity index (χ4n) is 2.09. The maximum atomic E-state index is 5.89. The molecule has 0 aliphatic carbocycles. The first kappa shape index (κ1) is 20.1. The van der Waals surface area contributed by atoms with Gasteiger partial charge in [0.25, 0.3) is 0 Å². The molecule has 2 rings (SSSR count). The minimum absolute atomic E-state index is 0. The number of guanidine groups is 1. The van der Waals surface area contributed by atoms with Gasteiger partial charge in [-0.3, -0.25) is 4.99 Å². The van der Waals surface area contributed by atoms with Crippen LogP contribution in [0.1, 0.15) is 12.0 Å². The maximum Gasteiger partial charge on any atom is 0.193 e. The molecule has 6 heteroatoms. The van der Waals surface area contributed by atoms with Gasteiger partial charge in [0.15, 0.2) is 5.96 Å². The van der Waals surface area contributed by atoms with Crippen molar-refractivity contribution in [1.29, 1.82) is 0 Å². The Bertz CT molecular complexity index is 662. The number of aliphatic imine (C=N–C) groups is 1. The first-order valence-electron chi connectivity index (χ1n) is 7.59. The van der Waals surface area contributed by atoms with Crippen molar-refractivity contribution in [3.05, 3.63) is 54.1 Å². The topological polar surface area (TPSA) is 68.9 Å². The van der Waals surface area contributed by atoms with E-state index in [0.29, 0.717) is 19.1 Å². The van der Waals surface area contributed by atoms with Gasteiger partial charge in [-0.25, -0.2) is 0 Å². The average molecular weight is 441 g/mol. The highest BCUT2D eigenvalue weighted by Gasteiger charge is 2.02. The number of hydrogen-bond acceptors (Lipinski definition) is 3. The molecule has 0 spiro atoms. The standard InChI is InChI=1S/C18H23N3O2.HI/c1-14-8-3-5-10-16(14)23-13-7-12-20-18(19)21-15-9-4-6-11-17(15)22-2;/h3-6,8-11H,7,12-13H2,1-2H3,(H3,19,20,21);1H. The molecule has 0 aromatic heterocycles. The molecule has 0 heterocycles. The number of anilines is 1. The number of nitrogens with two attached hydrogens (primary N) is 1. The Morgan fingerprint density at radius 1 is 1.08 bits per heavy atom. The predicted octanol–water partition coefficient (Wildman–Crippen LogP) is 3.82. The number of aryl methyl sites for hydroxylation is 1. The van der Waals surface area contributed by atoms with Crippen LogP contribution >= 0.6 is 24.0 Å². The molecule has 0 fully saturated rings. The van der Waals surface area contributed by atoms with E-state index in [2.05, 4.69) is 10.3 Å². The summed E-state index contributed by atoms with van der Waals surface area (Å²) in [7, 11) is 1.62. The van der Waals surface area contributed by atoms with Crippen molar-refractivity contribution in [2.75, 3.05) is 25.6 Å². The van der Waals surface area contributed by atoms with Gasteiger partial charge < -0.3 is 20.5 Å². The van der Waals surface area contributed by atoms with Crippen molar-refractivity contribution in [2.45, 2.75) is 13.3 Å². The lowest BCUT2D eigenvalue weighted by molar-refractivity contribution is 0.311. The van der Waals surface area contributed by atoms with Crippen molar-refractivity contribution in [1.82, 2.24) is 0 Å². The second-order valence-corrected chi connectivity index (χ2v) is 5.06. The summed E-state index contributed by atoms with van der Waals surface area (Å²) in [6.07, 6.45) is 0.794. The van der Waals surface area contributed by atoms with Crippen molar-refractivity contribution >= 4 is 35.6 Å². The normalized spacial score (nSPS) is 10.7.